The predicted molar refractivity (Wildman–Crippen MR) is 53.8 cm³/mol. The molecular formula is C10H4ClF2NO3. The van der Waals surface area contributed by atoms with Crippen LogP contribution in [0.5, 0.6) is 0 Å². The van der Waals surface area contributed by atoms with Gasteiger partial charge in [0.25, 0.3) is 0 Å². The van der Waals surface area contributed by atoms with Gasteiger partial charge in [-0.15, -0.1) is 0 Å². The minimum absolute atomic E-state index is 0.137. The quantitative estimate of drug-likeness (QED) is 0.842. The van der Waals surface area contributed by atoms with Gasteiger partial charge in [-0.25, -0.2) is 13.6 Å². The first-order valence-electron chi connectivity index (χ1n) is 4.34. The van der Waals surface area contributed by atoms with Gasteiger partial charge in [0.1, 0.15) is 10.8 Å². The Hall–Kier alpha value is -1.95. The second-order valence-electron chi connectivity index (χ2n) is 3.10. The van der Waals surface area contributed by atoms with Crippen molar-refractivity contribution >= 4 is 17.6 Å². The number of carboxylic acid groups (broad SMARTS) is 1. The zero-order valence-corrected chi connectivity index (χ0v) is 8.83. The van der Waals surface area contributed by atoms with Crippen LogP contribution >= 0.6 is 11.6 Å². The number of benzene rings is 1. The van der Waals surface area contributed by atoms with E-state index >= 15 is 0 Å². The minimum Gasteiger partial charge on any atom is -0.476 e. The van der Waals surface area contributed by atoms with Crippen LogP contribution in [0.15, 0.2) is 22.7 Å². The Kier molecular flexibility index (Phi) is 2.81. The lowest BCUT2D eigenvalue weighted by Crippen LogP contribution is -1.94. The average Bonchev–Trinajstić information content (AvgIpc) is 2.75. The smallest absolute Gasteiger partial charge is 0.358 e. The maximum atomic E-state index is 13.6. The molecule has 0 aliphatic carbocycles. The number of carbonyl (C=O) groups is 1. The molecule has 0 unspecified atom stereocenters. The van der Waals surface area contributed by atoms with Crippen LogP contribution in [0.1, 0.15) is 10.5 Å². The molecule has 0 saturated heterocycles. The standard InChI is InChI=1S/C10H4ClF2NO3/c11-8-5(12)2-1-4(9(8)13)7-3-6(10(15)16)14-17-7/h1-3H,(H,15,16). The Morgan fingerprint density at radius 2 is 2.12 bits per heavy atom. The highest BCUT2D eigenvalue weighted by atomic mass is 35.5. The van der Waals surface area contributed by atoms with E-state index in [0.717, 1.165) is 18.2 Å². The number of carboxylic acids is 1. The van der Waals surface area contributed by atoms with Crippen LogP contribution < -0.4 is 0 Å². The summed E-state index contributed by atoms with van der Waals surface area (Å²) >= 11 is 5.37. The molecule has 88 valence electrons. The molecule has 1 heterocycles. The summed E-state index contributed by atoms with van der Waals surface area (Å²) in [6.07, 6.45) is 0. The van der Waals surface area contributed by atoms with E-state index in [1.54, 1.807) is 0 Å². The Bertz CT molecular complexity index is 597. The van der Waals surface area contributed by atoms with E-state index in [0.29, 0.717) is 0 Å². The molecule has 0 saturated carbocycles. The van der Waals surface area contributed by atoms with Gasteiger partial charge < -0.3 is 9.63 Å². The molecule has 1 aromatic heterocycles. The van der Waals surface area contributed by atoms with Crippen molar-refractivity contribution in [2.75, 3.05) is 0 Å². The highest BCUT2D eigenvalue weighted by Gasteiger charge is 2.18. The molecule has 0 aliphatic rings. The Balaban J connectivity index is 2.53. The van der Waals surface area contributed by atoms with Crippen molar-refractivity contribution in [3.8, 4) is 11.3 Å². The van der Waals surface area contributed by atoms with E-state index in [4.69, 9.17) is 16.7 Å². The van der Waals surface area contributed by atoms with E-state index in [1.807, 2.05) is 0 Å². The molecule has 0 atom stereocenters. The fourth-order valence-corrected chi connectivity index (χ4v) is 1.38. The molecule has 7 heteroatoms. The third-order valence-corrected chi connectivity index (χ3v) is 2.38. The van der Waals surface area contributed by atoms with E-state index in [2.05, 4.69) is 9.68 Å². The number of halogens is 3. The first-order valence-corrected chi connectivity index (χ1v) is 4.72. The molecule has 0 bridgehead atoms. The molecule has 1 N–H and O–H groups in total. The Morgan fingerprint density at radius 1 is 1.41 bits per heavy atom. The van der Waals surface area contributed by atoms with Crippen molar-refractivity contribution in [2.45, 2.75) is 0 Å². The normalized spacial score (nSPS) is 10.5. The van der Waals surface area contributed by atoms with Crippen LogP contribution in [-0.4, -0.2) is 16.2 Å². The van der Waals surface area contributed by atoms with Gasteiger partial charge in [-0.3, -0.25) is 0 Å². The summed E-state index contributed by atoms with van der Waals surface area (Å²) in [5, 5.41) is 11.1. The van der Waals surface area contributed by atoms with Crippen molar-refractivity contribution in [3.05, 3.63) is 40.6 Å². The topological polar surface area (TPSA) is 63.3 Å². The molecule has 0 radical (unpaired) electrons. The minimum atomic E-state index is -1.31. The van der Waals surface area contributed by atoms with Gasteiger partial charge in [-0.1, -0.05) is 16.8 Å². The summed E-state index contributed by atoms with van der Waals surface area (Å²) in [4.78, 5) is 10.5. The van der Waals surface area contributed by atoms with Crippen LogP contribution in [0.3, 0.4) is 0 Å². The molecule has 4 nitrogen and oxygen atoms in total. The summed E-state index contributed by atoms with van der Waals surface area (Å²) in [6.45, 7) is 0. The lowest BCUT2D eigenvalue weighted by atomic mass is 10.1. The van der Waals surface area contributed by atoms with Crippen LogP contribution in [-0.2, 0) is 0 Å². The molecule has 1 aromatic carbocycles. The number of nitrogens with zero attached hydrogens (tertiary/aromatic N) is 1. The first kappa shape index (κ1) is 11.5. The highest BCUT2D eigenvalue weighted by Crippen LogP contribution is 2.29. The van der Waals surface area contributed by atoms with Crippen LogP contribution in [0.25, 0.3) is 11.3 Å². The van der Waals surface area contributed by atoms with Gasteiger partial charge in [0.15, 0.2) is 17.3 Å². The summed E-state index contributed by atoms with van der Waals surface area (Å²) in [6, 6.07) is 3.06. The number of aromatic carboxylic acids is 1. The summed E-state index contributed by atoms with van der Waals surface area (Å²) in [5.41, 5.74) is -0.531. The molecule has 0 aliphatic heterocycles. The molecule has 2 aromatic rings. The third-order valence-electron chi connectivity index (χ3n) is 2.03. The van der Waals surface area contributed by atoms with E-state index in [-0.39, 0.29) is 17.0 Å². The molecule has 2 rings (SSSR count). The number of hydrogen-bond donors (Lipinski definition) is 1. The van der Waals surface area contributed by atoms with Gasteiger partial charge >= 0.3 is 5.97 Å². The average molecular weight is 260 g/mol. The zero-order valence-electron chi connectivity index (χ0n) is 8.08. The van der Waals surface area contributed by atoms with Gasteiger partial charge in [0.05, 0.1) is 5.56 Å². The van der Waals surface area contributed by atoms with Gasteiger partial charge in [-0.2, -0.15) is 0 Å². The lowest BCUT2D eigenvalue weighted by Gasteiger charge is -2.00. The maximum Gasteiger partial charge on any atom is 0.358 e. The SMILES string of the molecule is O=C(O)c1cc(-c2ccc(F)c(Cl)c2F)on1. The fraction of sp³-hybridized carbons (Fsp3) is 0. The number of rotatable bonds is 2. The van der Waals surface area contributed by atoms with Gasteiger partial charge in [0, 0.05) is 6.07 Å². The monoisotopic (exact) mass is 259 g/mol. The predicted octanol–water partition coefficient (Wildman–Crippen LogP) is 2.97. The fourth-order valence-electron chi connectivity index (χ4n) is 1.22. The van der Waals surface area contributed by atoms with Crippen LogP contribution in [0, 0.1) is 11.6 Å². The van der Waals surface area contributed by atoms with E-state index in [9.17, 15) is 13.6 Å². The molecule has 0 spiro atoms. The Morgan fingerprint density at radius 3 is 2.71 bits per heavy atom. The van der Waals surface area contributed by atoms with Crippen molar-refractivity contribution in [2.24, 2.45) is 0 Å². The molecule has 17 heavy (non-hydrogen) atoms. The third kappa shape index (κ3) is 1.99. The van der Waals surface area contributed by atoms with Gasteiger partial charge in [0.2, 0.25) is 0 Å². The van der Waals surface area contributed by atoms with Crippen molar-refractivity contribution in [1.82, 2.24) is 5.16 Å². The summed E-state index contributed by atoms with van der Waals surface area (Å²) in [7, 11) is 0. The Labute approximate surface area is 98.4 Å². The zero-order chi connectivity index (χ0) is 12.6. The largest absolute Gasteiger partial charge is 0.476 e. The van der Waals surface area contributed by atoms with Crippen molar-refractivity contribution in [3.63, 3.8) is 0 Å². The van der Waals surface area contributed by atoms with Crippen LogP contribution in [0.4, 0.5) is 8.78 Å². The molecule has 0 fully saturated rings. The maximum absolute atomic E-state index is 13.6. The van der Waals surface area contributed by atoms with E-state index in [1.165, 1.54) is 0 Å². The second kappa shape index (κ2) is 4.14. The van der Waals surface area contributed by atoms with Crippen molar-refractivity contribution < 1.29 is 23.2 Å². The van der Waals surface area contributed by atoms with E-state index < -0.39 is 22.6 Å². The molecule has 0 amide bonds. The number of hydrogen-bond acceptors (Lipinski definition) is 3. The van der Waals surface area contributed by atoms with Crippen LogP contribution in [0.2, 0.25) is 5.02 Å². The number of aromatic nitrogens is 1. The van der Waals surface area contributed by atoms with Gasteiger partial charge in [-0.05, 0) is 12.1 Å². The molecular weight excluding hydrogens is 256 g/mol. The summed E-state index contributed by atoms with van der Waals surface area (Å²) < 4.78 is 31.1. The lowest BCUT2D eigenvalue weighted by molar-refractivity contribution is 0.0686. The summed E-state index contributed by atoms with van der Waals surface area (Å²) in [5.74, 6) is -3.39. The highest BCUT2D eigenvalue weighted by molar-refractivity contribution is 6.31. The van der Waals surface area contributed by atoms with Crippen molar-refractivity contribution in [1.29, 1.82) is 0 Å². The first-order chi connectivity index (χ1) is 8.00. The second-order valence-corrected chi connectivity index (χ2v) is 3.48.